The number of aliphatic hydroxyl groups is 1. The summed E-state index contributed by atoms with van der Waals surface area (Å²) in [6.45, 7) is 3.50. The maximum atomic E-state index is 13.6. The molecule has 0 saturated carbocycles. The molecule has 0 aliphatic rings. The number of carbonyl (C=O) groups is 1. The van der Waals surface area contributed by atoms with Gasteiger partial charge in [-0.3, -0.25) is 9.78 Å². The summed E-state index contributed by atoms with van der Waals surface area (Å²) in [5.74, 6) is -0.635. The molecule has 0 aliphatic heterocycles. The Morgan fingerprint density at radius 3 is 2.50 bits per heavy atom. The molecule has 0 bridgehead atoms. The predicted molar refractivity (Wildman–Crippen MR) is 112 cm³/mol. The minimum Gasteiger partial charge on any atom is -0.371 e. The van der Waals surface area contributed by atoms with Gasteiger partial charge in [-0.15, -0.1) is 0 Å². The lowest BCUT2D eigenvalue weighted by Crippen LogP contribution is -2.15. The van der Waals surface area contributed by atoms with Crippen molar-refractivity contribution in [3.63, 3.8) is 0 Å². The molecule has 0 radical (unpaired) electrons. The fourth-order valence-electron chi connectivity index (χ4n) is 2.98. The molecule has 0 saturated heterocycles. The van der Waals surface area contributed by atoms with Crippen LogP contribution in [0.4, 0.5) is 10.2 Å². The van der Waals surface area contributed by atoms with Gasteiger partial charge in [-0.25, -0.2) is 9.37 Å². The minimum absolute atomic E-state index is 0.167. The molecule has 0 aliphatic carbocycles. The Bertz CT molecular complexity index is 1050. The number of nitrogens with one attached hydrogen (secondary N) is 1. The van der Waals surface area contributed by atoms with Crippen LogP contribution in [0.25, 0.3) is 5.57 Å². The van der Waals surface area contributed by atoms with Crippen LogP contribution in [-0.4, -0.2) is 27.8 Å². The van der Waals surface area contributed by atoms with E-state index in [1.54, 1.807) is 12.3 Å². The van der Waals surface area contributed by atoms with E-state index in [9.17, 15) is 9.18 Å². The van der Waals surface area contributed by atoms with Gasteiger partial charge in [0.05, 0.1) is 18.4 Å². The third-order valence-corrected chi connectivity index (χ3v) is 4.63. The van der Waals surface area contributed by atoms with E-state index in [2.05, 4.69) is 15.3 Å². The number of rotatable bonds is 7. The van der Waals surface area contributed by atoms with E-state index in [0.29, 0.717) is 12.4 Å². The summed E-state index contributed by atoms with van der Waals surface area (Å²) in [4.78, 5) is 20.4. The van der Waals surface area contributed by atoms with E-state index < -0.39 is 11.7 Å². The summed E-state index contributed by atoms with van der Waals surface area (Å²) in [5.41, 5.74) is 4.24. The first-order chi connectivity index (χ1) is 14.5. The minimum atomic E-state index is -0.530. The predicted octanol–water partition coefficient (Wildman–Crippen LogP) is 4.09. The van der Waals surface area contributed by atoms with Crippen molar-refractivity contribution in [1.29, 1.82) is 0 Å². The van der Waals surface area contributed by atoms with E-state index in [1.165, 1.54) is 13.1 Å². The number of hydrogen-bond acceptors (Lipinski definition) is 5. The van der Waals surface area contributed by atoms with Crippen LogP contribution in [-0.2, 0) is 11.3 Å². The lowest BCUT2D eigenvalue weighted by molar-refractivity contribution is -0.0112. The number of pyridine rings is 2. The molecule has 0 unspecified atom stereocenters. The van der Waals surface area contributed by atoms with E-state index in [1.807, 2.05) is 43.3 Å². The molecule has 2 aromatic heterocycles. The van der Waals surface area contributed by atoms with Gasteiger partial charge in [0.2, 0.25) is 0 Å². The number of amides is 1. The zero-order valence-electron chi connectivity index (χ0n) is 16.7. The van der Waals surface area contributed by atoms with Gasteiger partial charge in [0.1, 0.15) is 18.4 Å². The van der Waals surface area contributed by atoms with Crippen LogP contribution in [0.2, 0.25) is 0 Å². The standard InChI is InChI=1S/C23H22FN3O3/c1-3-19(17-6-4-16(5-7-17)13-30-14-28)18-8-9-22(26-10-18)27-23(29)20-11-25-12-21(24)15(20)2/h3-12,28H,13-14H2,1-2H3,(H,26,27,29). The normalized spacial score (nSPS) is 11.4. The Morgan fingerprint density at radius 2 is 1.87 bits per heavy atom. The lowest BCUT2D eigenvalue weighted by atomic mass is 9.98. The maximum absolute atomic E-state index is 13.6. The van der Waals surface area contributed by atoms with Crippen LogP contribution in [0.3, 0.4) is 0 Å². The summed E-state index contributed by atoms with van der Waals surface area (Å²) < 4.78 is 18.6. The highest BCUT2D eigenvalue weighted by atomic mass is 19.1. The Morgan fingerprint density at radius 1 is 1.13 bits per heavy atom. The molecule has 1 aromatic carbocycles. The summed E-state index contributed by atoms with van der Waals surface area (Å²) >= 11 is 0. The number of carbonyl (C=O) groups excluding carboxylic acids is 1. The van der Waals surface area contributed by atoms with Gasteiger partial charge in [-0.1, -0.05) is 30.3 Å². The van der Waals surface area contributed by atoms with Crippen molar-refractivity contribution in [3.05, 3.63) is 94.7 Å². The second-order valence-corrected chi connectivity index (χ2v) is 6.56. The molecule has 2 heterocycles. The van der Waals surface area contributed by atoms with Gasteiger partial charge >= 0.3 is 0 Å². The van der Waals surface area contributed by atoms with Crippen molar-refractivity contribution >= 4 is 17.3 Å². The van der Waals surface area contributed by atoms with Crippen LogP contribution in [0.15, 0.2) is 61.1 Å². The topological polar surface area (TPSA) is 84.3 Å². The number of aliphatic hydroxyl groups excluding tert-OH is 1. The molecular weight excluding hydrogens is 385 g/mol. The fraction of sp³-hybridized carbons (Fsp3) is 0.174. The molecule has 2 N–H and O–H groups in total. The molecule has 0 fully saturated rings. The second kappa shape index (κ2) is 9.87. The first-order valence-corrected chi connectivity index (χ1v) is 9.35. The monoisotopic (exact) mass is 407 g/mol. The number of aromatic nitrogens is 2. The zero-order chi connectivity index (χ0) is 21.5. The first kappa shape index (κ1) is 21.3. The van der Waals surface area contributed by atoms with Gasteiger partial charge < -0.3 is 15.2 Å². The van der Waals surface area contributed by atoms with E-state index in [0.717, 1.165) is 28.5 Å². The Labute approximate surface area is 174 Å². The van der Waals surface area contributed by atoms with Crippen LogP contribution >= 0.6 is 0 Å². The van der Waals surface area contributed by atoms with Crippen molar-refractivity contribution in [1.82, 2.24) is 9.97 Å². The van der Waals surface area contributed by atoms with E-state index >= 15 is 0 Å². The average molecular weight is 407 g/mol. The van der Waals surface area contributed by atoms with Gasteiger partial charge in [-0.2, -0.15) is 0 Å². The van der Waals surface area contributed by atoms with Gasteiger partial charge in [0.15, 0.2) is 0 Å². The van der Waals surface area contributed by atoms with Crippen LogP contribution in [0.5, 0.6) is 0 Å². The first-order valence-electron chi connectivity index (χ1n) is 9.35. The average Bonchev–Trinajstić information content (AvgIpc) is 2.76. The molecule has 0 spiro atoms. The molecule has 3 aromatic rings. The number of benzene rings is 1. The van der Waals surface area contributed by atoms with Crippen LogP contribution in [0.1, 0.15) is 39.5 Å². The second-order valence-electron chi connectivity index (χ2n) is 6.56. The highest BCUT2D eigenvalue weighted by Gasteiger charge is 2.13. The van der Waals surface area contributed by atoms with Crippen molar-refractivity contribution in [3.8, 4) is 0 Å². The highest BCUT2D eigenvalue weighted by Crippen LogP contribution is 2.24. The smallest absolute Gasteiger partial charge is 0.258 e. The van der Waals surface area contributed by atoms with Gasteiger partial charge in [-0.05, 0) is 42.7 Å². The summed E-state index contributed by atoms with van der Waals surface area (Å²) in [6.07, 6.45) is 6.06. The molecule has 154 valence electrons. The quantitative estimate of drug-likeness (QED) is 0.576. The van der Waals surface area contributed by atoms with Crippen molar-refractivity contribution in [2.24, 2.45) is 0 Å². The summed E-state index contributed by atoms with van der Waals surface area (Å²) in [7, 11) is 0. The number of allylic oxidation sites excluding steroid dienone is 1. The molecule has 1 amide bonds. The van der Waals surface area contributed by atoms with Crippen LogP contribution in [0, 0.1) is 12.7 Å². The molecule has 7 heteroatoms. The van der Waals surface area contributed by atoms with Gasteiger partial charge in [0.25, 0.3) is 5.91 Å². The van der Waals surface area contributed by atoms with Crippen molar-refractivity contribution < 1.29 is 19.0 Å². The third kappa shape index (κ3) is 4.94. The lowest BCUT2D eigenvalue weighted by Gasteiger charge is -2.11. The number of nitrogens with zero attached hydrogens (tertiary/aromatic N) is 2. The maximum Gasteiger partial charge on any atom is 0.258 e. The zero-order valence-corrected chi connectivity index (χ0v) is 16.7. The van der Waals surface area contributed by atoms with E-state index in [4.69, 9.17) is 9.84 Å². The van der Waals surface area contributed by atoms with Crippen molar-refractivity contribution in [2.75, 3.05) is 12.1 Å². The van der Waals surface area contributed by atoms with Crippen LogP contribution < -0.4 is 5.32 Å². The Balaban J connectivity index is 1.74. The SMILES string of the molecule is CC=C(c1ccc(COCO)cc1)c1ccc(NC(=O)c2cncc(F)c2C)nc1. The number of anilines is 1. The Kier molecular flexibility index (Phi) is 7.00. The molecule has 0 atom stereocenters. The largest absolute Gasteiger partial charge is 0.371 e. The molecule has 30 heavy (non-hydrogen) atoms. The molecular formula is C23H22FN3O3. The summed E-state index contributed by atoms with van der Waals surface area (Å²) in [5, 5.41) is 11.4. The molecule has 6 nitrogen and oxygen atoms in total. The highest BCUT2D eigenvalue weighted by molar-refractivity contribution is 6.04. The number of ether oxygens (including phenoxy) is 1. The number of halogens is 1. The van der Waals surface area contributed by atoms with Crippen molar-refractivity contribution in [2.45, 2.75) is 20.5 Å². The fourth-order valence-corrected chi connectivity index (χ4v) is 2.98. The van der Waals surface area contributed by atoms with Gasteiger partial charge in [0, 0.05) is 23.5 Å². The number of hydrogen-bond donors (Lipinski definition) is 2. The Hall–Kier alpha value is -3.42. The third-order valence-electron chi connectivity index (χ3n) is 4.63. The van der Waals surface area contributed by atoms with E-state index in [-0.39, 0.29) is 17.9 Å². The molecule has 3 rings (SSSR count). The summed E-state index contributed by atoms with van der Waals surface area (Å²) in [6, 6.07) is 11.4.